The molecule has 0 saturated carbocycles. The molecule has 1 heteroatoms. The SMILES string of the molecule is CCNC(C1=CCCCC1)C1CCCc2ccccc21. The van der Waals surface area contributed by atoms with Crippen molar-refractivity contribution in [1.29, 1.82) is 0 Å². The minimum absolute atomic E-state index is 0.571. The molecule has 0 aliphatic heterocycles. The molecule has 2 atom stereocenters. The Kier molecular flexibility index (Phi) is 4.57. The zero-order chi connectivity index (χ0) is 13.8. The molecule has 0 saturated heterocycles. The molecule has 0 amide bonds. The van der Waals surface area contributed by atoms with E-state index in [-0.39, 0.29) is 0 Å². The maximum absolute atomic E-state index is 3.79. The second-order valence-corrected chi connectivity index (χ2v) is 6.26. The summed E-state index contributed by atoms with van der Waals surface area (Å²) in [5.41, 5.74) is 4.87. The van der Waals surface area contributed by atoms with Crippen LogP contribution >= 0.6 is 0 Å². The Labute approximate surface area is 123 Å². The van der Waals surface area contributed by atoms with E-state index in [1.54, 1.807) is 16.7 Å². The molecule has 1 N–H and O–H groups in total. The van der Waals surface area contributed by atoms with E-state index in [1.165, 1.54) is 44.9 Å². The molecule has 0 heterocycles. The molecule has 2 aliphatic rings. The highest BCUT2D eigenvalue weighted by molar-refractivity contribution is 5.36. The first-order valence-corrected chi connectivity index (χ1v) is 8.40. The second-order valence-electron chi connectivity index (χ2n) is 6.26. The highest BCUT2D eigenvalue weighted by atomic mass is 14.9. The Bertz CT molecular complexity index is 474. The van der Waals surface area contributed by atoms with E-state index < -0.39 is 0 Å². The molecule has 1 nitrogen and oxygen atoms in total. The van der Waals surface area contributed by atoms with Gasteiger partial charge in [-0.15, -0.1) is 0 Å². The highest BCUT2D eigenvalue weighted by Crippen LogP contribution is 2.38. The maximum Gasteiger partial charge on any atom is 0.0348 e. The van der Waals surface area contributed by atoms with E-state index in [4.69, 9.17) is 0 Å². The molecule has 0 spiro atoms. The van der Waals surface area contributed by atoms with Gasteiger partial charge in [-0.3, -0.25) is 0 Å². The van der Waals surface area contributed by atoms with Crippen molar-refractivity contribution in [2.24, 2.45) is 0 Å². The number of hydrogen-bond donors (Lipinski definition) is 1. The van der Waals surface area contributed by atoms with Crippen molar-refractivity contribution < 1.29 is 0 Å². The summed E-state index contributed by atoms with van der Waals surface area (Å²) in [5, 5.41) is 3.79. The van der Waals surface area contributed by atoms with Gasteiger partial charge in [0.1, 0.15) is 0 Å². The van der Waals surface area contributed by atoms with Gasteiger partial charge >= 0.3 is 0 Å². The Balaban J connectivity index is 1.90. The third kappa shape index (κ3) is 2.83. The van der Waals surface area contributed by atoms with Crippen molar-refractivity contribution in [3.8, 4) is 0 Å². The number of nitrogens with one attached hydrogen (secondary N) is 1. The Hall–Kier alpha value is -1.08. The molecule has 0 fully saturated rings. The third-order valence-corrected chi connectivity index (χ3v) is 4.97. The predicted molar refractivity (Wildman–Crippen MR) is 86.1 cm³/mol. The van der Waals surface area contributed by atoms with Crippen molar-refractivity contribution in [2.45, 2.75) is 63.8 Å². The molecule has 108 valence electrons. The summed E-state index contributed by atoms with van der Waals surface area (Å²) in [4.78, 5) is 0. The highest BCUT2D eigenvalue weighted by Gasteiger charge is 2.29. The number of likely N-dealkylation sites (N-methyl/N-ethyl adjacent to an activating group) is 1. The first kappa shape index (κ1) is 13.9. The summed E-state index contributed by atoms with van der Waals surface area (Å²) in [6.45, 7) is 3.31. The van der Waals surface area contributed by atoms with Gasteiger partial charge in [-0.1, -0.05) is 42.8 Å². The van der Waals surface area contributed by atoms with Crippen LogP contribution in [-0.2, 0) is 6.42 Å². The Morgan fingerprint density at radius 3 is 2.85 bits per heavy atom. The van der Waals surface area contributed by atoms with Gasteiger partial charge in [0.15, 0.2) is 0 Å². The first-order chi connectivity index (χ1) is 9.90. The van der Waals surface area contributed by atoms with Crippen LogP contribution in [0.1, 0.15) is 62.5 Å². The van der Waals surface area contributed by atoms with E-state index >= 15 is 0 Å². The molecule has 0 radical (unpaired) electrons. The van der Waals surface area contributed by atoms with Gasteiger partial charge in [0, 0.05) is 12.0 Å². The van der Waals surface area contributed by atoms with Crippen LogP contribution in [-0.4, -0.2) is 12.6 Å². The van der Waals surface area contributed by atoms with Crippen molar-refractivity contribution in [3.63, 3.8) is 0 Å². The predicted octanol–water partition coefficient (Wildman–Crippen LogP) is 4.59. The lowest BCUT2D eigenvalue weighted by atomic mass is 9.75. The molecule has 3 rings (SSSR count). The summed E-state index contributed by atoms with van der Waals surface area (Å²) in [5.74, 6) is 0.684. The lowest BCUT2D eigenvalue weighted by Crippen LogP contribution is -2.38. The number of aryl methyl sites for hydroxylation is 1. The normalized spacial score (nSPS) is 23.9. The zero-order valence-electron chi connectivity index (χ0n) is 12.7. The molecule has 1 aromatic carbocycles. The fourth-order valence-corrected chi connectivity index (χ4v) is 4.03. The maximum atomic E-state index is 3.79. The van der Waals surface area contributed by atoms with Crippen LogP contribution in [0, 0.1) is 0 Å². The Morgan fingerprint density at radius 2 is 2.05 bits per heavy atom. The van der Waals surface area contributed by atoms with Crippen molar-refractivity contribution >= 4 is 0 Å². The number of fused-ring (bicyclic) bond motifs is 1. The van der Waals surface area contributed by atoms with Gasteiger partial charge < -0.3 is 5.32 Å². The van der Waals surface area contributed by atoms with Crippen LogP contribution < -0.4 is 5.32 Å². The van der Waals surface area contributed by atoms with Crippen LogP contribution in [0.5, 0.6) is 0 Å². The van der Waals surface area contributed by atoms with Gasteiger partial charge in [0.05, 0.1) is 0 Å². The molecule has 0 bridgehead atoms. The van der Waals surface area contributed by atoms with Gasteiger partial charge in [0.2, 0.25) is 0 Å². The summed E-state index contributed by atoms with van der Waals surface area (Å²) in [6.07, 6.45) is 11.8. The molecule has 1 aromatic rings. The van der Waals surface area contributed by atoms with Crippen molar-refractivity contribution in [3.05, 3.63) is 47.0 Å². The van der Waals surface area contributed by atoms with E-state index in [0.29, 0.717) is 12.0 Å². The average Bonchev–Trinajstić information content (AvgIpc) is 2.53. The lowest BCUT2D eigenvalue weighted by molar-refractivity contribution is 0.421. The van der Waals surface area contributed by atoms with Crippen LogP contribution in [0.25, 0.3) is 0 Å². The quantitative estimate of drug-likeness (QED) is 0.789. The van der Waals surface area contributed by atoms with E-state index in [2.05, 4.69) is 42.6 Å². The smallest absolute Gasteiger partial charge is 0.0348 e. The lowest BCUT2D eigenvalue weighted by Gasteiger charge is -2.35. The average molecular weight is 269 g/mol. The van der Waals surface area contributed by atoms with Crippen molar-refractivity contribution in [2.75, 3.05) is 6.54 Å². The van der Waals surface area contributed by atoms with Crippen LogP contribution in [0.2, 0.25) is 0 Å². The van der Waals surface area contributed by atoms with E-state index in [0.717, 1.165) is 6.54 Å². The number of hydrogen-bond acceptors (Lipinski definition) is 1. The Morgan fingerprint density at radius 1 is 1.15 bits per heavy atom. The third-order valence-electron chi connectivity index (χ3n) is 4.97. The van der Waals surface area contributed by atoms with Crippen LogP contribution in [0.3, 0.4) is 0 Å². The van der Waals surface area contributed by atoms with Crippen LogP contribution in [0.15, 0.2) is 35.9 Å². The van der Waals surface area contributed by atoms with Gasteiger partial charge in [-0.05, 0) is 62.6 Å². The minimum atomic E-state index is 0.571. The molecular formula is C19H27N. The number of rotatable bonds is 4. The molecular weight excluding hydrogens is 242 g/mol. The van der Waals surface area contributed by atoms with Gasteiger partial charge in [-0.25, -0.2) is 0 Å². The standard InChI is InChI=1S/C19H27N/c1-2-20-19(16-10-4-3-5-11-16)18-14-8-12-15-9-6-7-13-17(15)18/h6-7,9-10,13,18-20H,2-5,8,11-12,14H2,1H3. The van der Waals surface area contributed by atoms with Gasteiger partial charge in [-0.2, -0.15) is 0 Å². The molecule has 2 aliphatic carbocycles. The zero-order valence-corrected chi connectivity index (χ0v) is 12.7. The van der Waals surface area contributed by atoms with Crippen molar-refractivity contribution in [1.82, 2.24) is 5.32 Å². The summed E-state index contributed by atoms with van der Waals surface area (Å²) >= 11 is 0. The molecule has 0 aromatic heterocycles. The minimum Gasteiger partial charge on any atom is -0.310 e. The number of benzene rings is 1. The van der Waals surface area contributed by atoms with E-state index in [1.807, 2.05) is 0 Å². The summed E-state index contributed by atoms with van der Waals surface area (Å²) < 4.78 is 0. The van der Waals surface area contributed by atoms with Crippen LogP contribution in [0.4, 0.5) is 0 Å². The largest absolute Gasteiger partial charge is 0.310 e. The second kappa shape index (κ2) is 6.58. The fourth-order valence-electron chi connectivity index (χ4n) is 4.03. The fraction of sp³-hybridized carbons (Fsp3) is 0.579. The number of allylic oxidation sites excluding steroid dienone is 1. The molecule has 20 heavy (non-hydrogen) atoms. The summed E-state index contributed by atoms with van der Waals surface area (Å²) in [7, 11) is 0. The first-order valence-electron chi connectivity index (χ1n) is 8.40. The van der Waals surface area contributed by atoms with Gasteiger partial charge in [0.25, 0.3) is 0 Å². The topological polar surface area (TPSA) is 12.0 Å². The van der Waals surface area contributed by atoms with E-state index in [9.17, 15) is 0 Å². The summed E-state index contributed by atoms with van der Waals surface area (Å²) in [6, 6.07) is 9.69. The molecule has 2 unspecified atom stereocenters. The monoisotopic (exact) mass is 269 g/mol.